The smallest absolute Gasteiger partial charge is 0.406 e. The number of piperazine rings is 1. The molecule has 1 fully saturated rings. The Morgan fingerprint density at radius 1 is 1.07 bits per heavy atom. The molecule has 44 heavy (non-hydrogen) atoms. The third-order valence-corrected chi connectivity index (χ3v) is 9.88. The van der Waals surface area contributed by atoms with Gasteiger partial charge in [0.25, 0.3) is 5.92 Å². The summed E-state index contributed by atoms with van der Waals surface area (Å²) < 4.78 is 98.6. The van der Waals surface area contributed by atoms with Gasteiger partial charge in [-0.2, -0.15) is 9.29 Å². The van der Waals surface area contributed by atoms with Crippen LogP contribution in [0.1, 0.15) is 24.5 Å². The summed E-state index contributed by atoms with van der Waals surface area (Å²) in [5, 5.41) is 3.18. The third kappa shape index (κ3) is 6.89. The molecule has 0 saturated carbocycles. The van der Waals surface area contributed by atoms with Crippen molar-refractivity contribution in [2.45, 2.75) is 43.1 Å². The van der Waals surface area contributed by atoms with Crippen LogP contribution in [0.15, 0.2) is 66.0 Å². The molecule has 10 nitrogen and oxygen atoms in total. The second-order valence-electron chi connectivity index (χ2n) is 9.78. The summed E-state index contributed by atoms with van der Waals surface area (Å²) in [5.74, 6) is -4.26. The summed E-state index contributed by atoms with van der Waals surface area (Å²) >= 11 is 1.27. The number of benzene rings is 2. The number of thiazole rings is 1. The summed E-state index contributed by atoms with van der Waals surface area (Å²) in [6.07, 6.45) is -2.40. The van der Waals surface area contributed by atoms with Crippen molar-refractivity contribution in [2.75, 3.05) is 24.5 Å². The van der Waals surface area contributed by atoms with E-state index in [1.807, 2.05) is 0 Å². The molecule has 3 heterocycles. The number of anilines is 1. The number of hydrogen-bond donors (Lipinski definition) is 1. The van der Waals surface area contributed by atoms with Crippen LogP contribution in [0.3, 0.4) is 0 Å². The van der Waals surface area contributed by atoms with Crippen LogP contribution in [0.25, 0.3) is 10.3 Å². The number of fused-ring (bicyclic) bond motifs is 1. The average molecular weight is 657 g/mol. The number of hydrogen-bond acceptors (Lipinski definition) is 9. The number of nitrogens with zero attached hydrogens (tertiary/aromatic N) is 5. The molecule has 5 rings (SSSR count). The highest BCUT2D eigenvalue weighted by Crippen LogP contribution is 2.33. The molecule has 0 aliphatic carbocycles. The maximum absolute atomic E-state index is 14.0. The fraction of sp³-hybridized carbons (Fsp3) is 0.333. The van der Waals surface area contributed by atoms with Gasteiger partial charge in [0.05, 0.1) is 9.60 Å². The lowest BCUT2D eigenvalue weighted by atomic mass is 10.0. The van der Waals surface area contributed by atoms with Gasteiger partial charge in [0, 0.05) is 44.4 Å². The van der Waals surface area contributed by atoms with Crippen molar-refractivity contribution in [1.82, 2.24) is 24.6 Å². The lowest BCUT2D eigenvalue weighted by molar-refractivity contribution is -0.274. The van der Waals surface area contributed by atoms with Gasteiger partial charge in [-0.25, -0.2) is 27.2 Å². The van der Waals surface area contributed by atoms with E-state index in [0.29, 0.717) is 21.0 Å². The van der Waals surface area contributed by atoms with Gasteiger partial charge < -0.3 is 15.0 Å². The summed E-state index contributed by atoms with van der Waals surface area (Å²) in [6, 6.07) is 7.86. The molecule has 1 amide bonds. The quantitative estimate of drug-likeness (QED) is 0.258. The lowest BCUT2D eigenvalue weighted by Crippen LogP contribution is -2.60. The average Bonchev–Trinajstić information content (AvgIpc) is 3.44. The van der Waals surface area contributed by atoms with Crippen molar-refractivity contribution in [3.05, 3.63) is 72.2 Å². The highest BCUT2D eigenvalue weighted by molar-refractivity contribution is 7.89. The number of alkyl halides is 5. The summed E-state index contributed by atoms with van der Waals surface area (Å²) in [4.78, 5) is 27.5. The number of aromatic nitrogens is 3. The molecule has 4 aromatic rings. The first kappa shape index (κ1) is 31.5. The van der Waals surface area contributed by atoms with Crippen LogP contribution in [0, 0.1) is 0 Å². The second kappa shape index (κ2) is 12.2. The molecule has 0 radical (unpaired) electrons. The van der Waals surface area contributed by atoms with E-state index in [2.05, 4.69) is 25.0 Å². The second-order valence-corrected chi connectivity index (χ2v) is 12.7. The highest BCUT2D eigenvalue weighted by Gasteiger charge is 2.41. The van der Waals surface area contributed by atoms with Crippen molar-refractivity contribution >= 4 is 42.7 Å². The molecule has 0 spiro atoms. The Balaban J connectivity index is 1.39. The minimum Gasteiger partial charge on any atom is -0.406 e. The van der Waals surface area contributed by atoms with Crippen LogP contribution in [-0.4, -0.2) is 65.6 Å². The first-order chi connectivity index (χ1) is 20.8. The van der Waals surface area contributed by atoms with Crippen LogP contribution in [0.5, 0.6) is 5.75 Å². The predicted octanol–water partition coefficient (Wildman–Crippen LogP) is 4.68. The number of rotatable bonds is 9. The Bertz CT molecular complexity index is 1700. The van der Waals surface area contributed by atoms with Crippen molar-refractivity contribution in [3.63, 3.8) is 0 Å². The molecular formula is C27H25F5N6O4S2. The van der Waals surface area contributed by atoms with E-state index >= 15 is 0 Å². The Morgan fingerprint density at radius 2 is 1.77 bits per heavy atom. The Labute approximate surface area is 252 Å². The molecule has 1 aliphatic rings. The Hall–Kier alpha value is -3.96. The van der Waals surface area contributed by atoms with Crippen LogP contribution >= 0.6 is 11.3 Å². The topological polar surface area (TPSA) is 118 Å². The number of halogens is 5. The highest BCUT2D eigenvalue weighted by atomic mass is 32.2. The Morgan fingerprint density at radius 3 is 2.41 bits per heavy atom. The summed E-state index contributed by atoms with van der Waals surface area (Å²) in [6.45, 7) is 1.20. The molecule has 234 valence electrons. The van der Waals surface area contributed by atoms with Crippen LogP contribution in [0.2, 0.25) is 0 Å². The van der Waals surface area contributed by atoms with E-state index in [1.165, 1.54) is 48.9 Å². The van der Waals surface area contributed by atoms with Gasteiger partial charge in [-0.15, -0.1) is 13.2 Å². The molecule has 2 aromatic heterocycles. The zero-order chi connectivity index (χ0) is 31.7. The van der Waals surface area contributed by atoms with E-state index in [1.54, 1.807) is 11.1 Å². The molecule has 1 aliphatic heterocycles. The molecule has 1 saturated heterocycles. The molecule has 2 aromatic carbocycles. The van der Waals surface area contributed by atoms with Gasteiger partial charge in [-0.3, -0.25) is 4.79 Å². The third-order valence-electron chi connectivity index (χ3n) is 6.92. The van der Waals surface area contributed by atoms with Gasteiger partial charge in [0.1, 0.15) is 18.1 Å². The van der Waals surface area contributed by atoms with Crippen molar-refractivity contribution in [2.24, 2.45) is 0 Å². The molecule has 1 N–H and O–H groups in total. The summed E-state index contributed by atoms with van der Waals surface area (Å²) in [5.41, 5.74) is 0.790. The van der Waals surface area contributed by atoms with E-state index in [9.17, 15) is 35.2 Å². The monoisotopic (exact) mass is 656 g/mol. The number of sulfonamides is 1. The lowest BCUT2D eigenvalue weighted by Gasteiger charge is -2.39. The predicted molar refractivity (Wildman–Crippen MR) is 151 cm³/mol. The van der Waals surface area contributed by atoms with Crippen LogP contribution < -0.4 is 15.0 Å². The minimum absolute atomic E-state index is 0.0681. The van der Waals surface area contributed by atoms with Crippen molar-refractivity contribution in [1.29, 1.82) is 0 Å². The SMILES string of the molecule is CCC(F)(F)c1ccc(CNC(=O)[C@H]2CN(c3nc4ncncc4s3)CCN2S(=O)(=O)c2ccc(OC(F)(F)F)cc2)cc1. The van der Waals surface area contributed by atoms with Gasteiger partial charge in [0.15, 0.2) is 10.8 Å². The molecule has 0 unspecified atom stereocenters. The van der Waals surface area contributed by atoms with Crippen molar-refractivity contribution < 1.29 is 39.9 Å². The molecular weight excluding hydrogens is 631 g/mol. The zero-order valence-electron chi connectivity index (χ0n) is 23.0. The van der Waals surface area contributed by atoms with E-state index in [4.69, 9.17) is 0 Å². The first-order valence-electron chi connectivity index (χ1n) is 13.2. The first-order valence-corrected chi connectivity index (χ1v) is 15.5. The number of ether oxygens (including phenoxy) is 1. The molecule has 1 atom stereocenters. The number of nitrogens with one attached hydrogen (secondary N) is 1. The van der Waals surface area contributed by atoms with E-state index < -0.39 is 40.0 Å². The van der Waals surface area contributed by atoms with E-state index in [0.717, 1.165) is 28.6 Å². The fourth-order valence-electron chi connectivity index (χ4n) is 4.58. The molecule has 17 heteroatoms. The standard InChI is InChI=1S/C27H25F5N6O4S2/c1-2-26(28,29)18-5-3-17(4-6-18)13-34-24(39)21-15-37(25-36-23-22(43-25)14-33-16-35-23)11-12-38(21)44(40,41)20-9-7-19(8-10-20)42-27(30,31)32/h3-10,14,16,21H,2,11-13,15H2,1H3,(H,34,39)/t21-/m1/s1. The maximum atomic E-state index is 14.0. The largest absolute Gasteiger partial charge is 0.573 e. The number of carbonyl (C=O) groups is 1. The maximum Gasteiger partial charge on any atom is 0.573 e. The van der Waals surface area contributed by atoms with Crippen molar-refractivity contribution in [3.8, 4) is 5.75 Å². The van der Waals surface area contributed by atoms with E-state index in [-0.39, 0.29) is 43.1 Å². The van der Waals surface area contributed by atoms with Crippen LogP contribution in [0.4, 0.5) is 27.1 Å². The van der Waals surface area contributed by atoms with Gasteiger partial charge in [0.2, 0.25) is 15.9 Å². The minimum atomic E-state index is -4.96. The van der Waals surface area contributed by atoms with Crippen LogP contribution in [-0.2, 0) is 27.3 Å². The van der Waals surface area contributed by atoms with Gasteiger partial charge >= 0.3 is 6.36 Å². The normalized spacial score (nSPS) is 16.7. The number of amides is 1. The van der Waals surface area contributed by atoms with Gasteiger partial charge in [-0.1, -0.05) is 42.5 Å². The van der Waals surface area contributed by atoms with Gasteiger partial charge in [-0.05, 0) is 29.8 Å². The fourth-order valence-corrected chi connectivity index (χ4v) is 7.08. The Kier molecular flexibility index (Phi) is 8.73. The number of carbonyl (C=O) groups excluding carboxylic acids is 1. The zero-order valence-corrected chi connectivity index (χ0v) is 24.6. The molecule has 0 bridgehead atoms. The summed E-state index contributed by atoms with van der Waals surface area (Å²) in [7, 11) is -4.37.